The zero-order valence-corrected chi connectivity index (χ0v) is 18.0. The Morgan fingerprint density at radius 1 is 0.839 bits per heavy atom. The van der Waals surface area contributed by atoms with Crippen molar-refractivity contribution in [1.82, 2.24) is 4.90 Å². The van der Waals surface area contributed by atoms with Gasteiger partial charge in [0.25, 0.3) is 0 Å². The molecule has 0 aliphatic carbocycles. The minimum atomic E-state index is -0.601. The van der Waals surface area contributed by atoms with Crippen molar-refractivity contribution in [3.8, 4) is 5.75 Å². The Morgan fingerprint density at radius 3 is 1.87 bits per heavy atom. The van der Waals surface area contributed by atoms with Crippen LogP contribution in [-0.2, 0) is 25.6 Å². The van der Waals surface area contributed by atoms with Crippen molar-refractivity contribution in [2.24, 2.45) is 0 Å². The summed E-state index contributed by atoms with van der Waals surface area (Å²) in [5, 5.41) is 0. The van der Waals surface area contributed by atoms with Crippen LogP contribution in [0.3, 0.4) is 0 Å². The highest BCUT2D eigenvalue weighted by molar-refractivity contribution is 5.98. The smallest absolute Gasteiger partial charge is 0.336 e. The number of methoxy groups -OCH3 is 1. The fraction of sp³-hybridized carbons (Fsp3) is 0.280. The maximum absolute atomic E-state index is 12.9. The zero-order chi connectivity index (χ0) is 22.2. The molecule has 0 N–H and O–H groups in total. The lowest BCUT2D eigenvalue weighted by molar-refractivity contribution is -0.139. The first-order chi connectivity index (χ1) is 15.1. The SMILES string of the molecule is CCOC(=O)C1=CN(Cc2ccccc2)C=C(C(=O)OCC)C1c1ccc(OC)cc1. The summed E-state index contributed by atoms with van der Waals surface area (Å²) in [6.45, 7) is 4.49. The molecule has 0 unspecified atom stereocenters. The van der Waals surface area contributed by atoms with E-state index in [1.807, 2.05) is 47.4 Å². The van der Waals surface area contributed by atoms with Gasteiger partial charge in [-0.15, -0.1) is 0 Å². The number of ether oxygens (including phenoxy) is 3. The highest BCUT2D eigenvalue weighted by atomic mass is 16.5. The Balaban J connectivity index is 2.06. The molecule has 31 heavy (non-hydrogen) atoms. The van der Waals surface area contributed by atoms with Gasteiger partial charge in [0.2, 0.25) is 0 Å². The maximum atomic E-state index is 12.9. The third kappa shape index (κ3) is 5.34. The van der Waals surface area contributed by atoms with Crippen LogP contribution in [0.15, 0.2) is 78.1 Å². The maximum Gasteiger partial charge on any atom is 0.336 e. The van der Waals surface area contributed by atoms with Gasteiger partial charge in [-0.05, 0) is 37.1 Å². The van der Waals surface area contributed by atoms with Crippen LogP contribution in [0.2, 0.25) is 0 Å². The van der Waals surface area contributed by atoms with E-state index in [0.29, 0.717) is 23.4 Å². The van der Waals surface area contributed by atoms with E-state index in [0.717, 1.165) is 11.1 Å². The second-order valence-electron chi connectivity index (χ2n) is 6.97. The molecular weight excluding hydrogens is 394 g/mol. The van der Waals surface area contributed by atoms with Crippen molar-refractivity contribution >= 4 is 11.9 Å². The normalized spacial score (nSPS) is 13.8. The number of rotatable bonds is 8. The average Bonchev–Trinajstić information content (AvgIpc) is 2.79. The number of esters is 2. The van der Waals surface area contributed by atoms with Gasteiger partial charge in [0, 0.05) is 18.9 Å². The van der Waals surface area contributed by atoms with E-state index < -0.39 is 17.9 Å². The van der Waals surface area contributed by atoms with Gasteiger partial charge in [-0.2, -0.15) is 0 Å². The Kier molecular flexibility index (Phi) is 7.49. The van der Waals surface area contributed by atoms with Gasteiger partial charge in [0.05, 0.1) is 37.4 Å². The average molecular weight is 421 g/mol. The van der Waals surface area contributed by atoms with Crippen LogP contribution in [0.5, 0.6) is 5.75 Å². The van der Waals surface area contributed by atoms with Crippen molar-refractivity contribution in [1.29, 1.82) is 0 Å². The molecule has 1 heterocycles. The number of hydrogen-bond acceptors (Lipinski definition) is 6. The molecule has 162 valence electrons. The first-order valence-electron chi connectivity index (χ1n) is 10.3. The third-order valence-corrected chi connectivity index (χ3v) is 4.91. The van der Waals surface area contributed by atoms with E-state index in [2.05, 4.69) is 0 Å². The van der Waals surface area contributed by atoms with Crippen LogP contribution in [0, 0.1) is 0 Å². The van der Waals surface area contributed by atoms with Gasteiger partial charge in [-0.25, -0.2) is 9.59 Å². The fourth-order valence-electron chi connectivity index (χ4n) is 3.52. The minimum Gasteiger partial charge on any atom is -0.497 e. The molecule has 2 aromatic carbocycles. The Labute approximate surface area is 182 Å². The van der Waals surface area contributed by atoms with Gasteiger partial charge < -0.3 is 19.1 Å². The molecule has 0 bridgehead atoms. The van der Waals surface area contributed by atoms with Crippen molar-refractivity contribution in [2.45, 2.75) is 26.3 Å². The lowest BCUT2D eigenvalue weighted by Gasteiger charge is -2.30. The number of nitrogens with zero attached hydrogens (tertiary/aromatic N) is 1. The van der Waals surface area contributed by atoms with Gasteiger partial charge >= 0.3 is 11.9 Å². The number of hydrogen-bond donors (Lipinski definition) is 0. The number of benzene rings is 2. The van der Waals surface area contributed by atoms with E-state index in [1.54, 1.807) is 45.5 Å². The first kappa shape index (κ1) is 22.2. The summed E-state index contributed by atoms with van der Waals surface area (Å²) in [6, 6.07) is 17.1. The second kappa shape index (κ2) is 10.5. The first-order valence-corrected chi connectivity index (χ1v) is 10.3. The molecule has 3 rings (SSSR count). The summed E-state index contributed by atoms with van der Waals surface area (Å²) in [4.78, 5) is 27.6. The second-order valence-corrected chi connectivity index (χ2v) is 6.97. The van der Waals surface area contributed by atoms with Crippen molar-refractivity contribution in [2.75, 3.05) is 20.3 Å². The van der Waals surface area contributed by atoms with Gasteiger partial charge in [0.1, 0.15) is 5.75 Å². The Hall–Kier alpha value is -3.54. The molecule has 0 saturated heterocycles. The van der Waals surface area contributed by atoms with Crippen molar-refractivity contribution < 1.29 is 23.8 Å². The third-order valence-electron chi connectivity index (χ3n) is 4.91. The zero-order valence-electron chi connectivity index (χ0n) is 18.0. The molecule has 6 heteroatoms. The Bertz CT molecular complexity index is 927. The summed E-state index contributed by atoms with van der Waals surface area (Å²) in [7, 11) is 1.59. The van der Waals surface area contributed by atoms with Crippen molar-refractivity contribution in [3.05, 3.63) is 89.3 Å². The Morgan fingerprint density at radius 2 is 1.39 bits per heavy atom. The molecule has 0 aromatic heterocycles. The fourth-order valence-corrected chi connectivity index (χ4v) is 3.52. The summed E-state index contributed by atoms with van der Waals surface area (Å²) >= 11 is 0. The van der Waals surface area contributed by atoms with Crippen LogP contribution >= 0.6 is 0 Å². The monoisotopic (exact) mass is 421 g/mol. The van der Waals surface area contributed by atoms with Crippen molar-refractivity contribution in [3.63, 3.8) is 0 Å². The largest absolute Gasteiger partial charge is 0.497 e. The highest BCUT2D eigenvalue weighted by Gasteiger charge is 2.35. The molecule has 0 fully saturated rings. The molecule has 0 spiro atoms. The van der Waals surface area contributed by atoms with Crippen LogP contribution in [0.1, 0.15) is 30.9 Å². The standard InChI is InChI=1S/C25H27NO5/c1-4-30-24(27)21-16-26(15-18-9-7-6-8-10-18)17-22(25(28)31-5-2)23(21)19-11-13-20(29-3)14-12-19/h6-14,16-17,23H,4-5,15H2,1-3H3. The molecule has 0 amide bonds. The van der Waals surface area contributed by atoms with E-state index >= 15 is 0 Å². The number of carbonyl (C=O) groups is 2. The van der Waals surface area contributed by atoms with Crippen LogP contribution in [0.25, 0.3) is 0 Å². The molecule has 0 radical (unpaired) electrons. The summed E-state index contributed by atoms with van der Waals surface area (Å²) in [5.74, 6) is -0.836. The predicted molar refractivity (Wildman–Crippen MR) is 117 cm³/mol. The molecule has 1 aliphatic heterocycles. The van der Waals surface area contributed by atoms with Gasteiger partial charge in [0.15, 0.2) is 0 Å². The van der Waals surface area contributed by atoms with E-state index in [-0.39, 0.29) is 13.2 Å². The molecule has 0 atom stereocenters. The van der Waals surface area contributed by atoms with E-state index in [4.69, 9.17) is 14.2 Å². The molecule has 1 aliphatic rings. The van der Waals surface area contributed by atoms with E-state index in [1.165, 1.54) is 0 Å². The predicted octanol–water partition coefficient (Wildman–Crippen LogP) is 4.19. The summed E-state index contributed by atoms with van der Waals surface area (Å²) < 4.78 is 15.9. The molecule has 2 aromatic rings. The highest BCUT2D eigenvalue weighted by Crippen LogP contribution is 2.38. The summed E-state index contributed by atoms with van der Waals surface area (Å²) in [6.07, 6.45) is 3.51. The lowest BCUT2D eigenvalue weighted by Crippen LogP contribution is -2.29. The topological polar surface area (TPSA) is 65.1 Å². The van der Waals surface area contributed by atoms with Gasteiger partial charge in [-0.1, -0.05) is 42.5 Å². The lowest BCUT2D eigenvalue weighted by atomic mass is 9.83. The van der Waals surface area contributed by atoms with Crippen LogP contribution in [0.4, 0.5) is 0 Å². The quantitative estimate of drug-likeness (QED) is 0.596. The number of carbonyl (C=O) groups excluding carboxylic acids is 2. The van der Waals surface area contributed by atoms with E-state index in [9.17, 15) is 9.59 Å². The van der Waals surface area contributed by atoms with Crippen LogP contribution in [-0.4, -0.2) is 37.2 Å². The molecule has 0 saturated carbocycles. The molecule has 6 nitrogen and oxygen atoms in total. The van der Waals surface area contributed by atoms with Crippen LogP contribution < -0.4 is 4.74 Å². The molecular formula is C25H27NO5. The minimum absolute atomic E-state index is 0.239. The van der Waals surface area contributed by atoms with Gasteiger partial charge in [-0.3, -0.25) is 0 Å². The summed E-state index contributed by atoms with van der Waals surface area (Å²) in [5.41, 5.74) is 2.59.